The van der Waals surface area contributed by atoms with Crippen LogP contribution >= 0.6 is 0 Å². The van der Waals surface area contributed by atoms with Gasteiger partial charge >= 0.3 is 12.0 Å². The van der Waals surface area contributed by atoms with Gasteiger partial charge in [0.15, 0.2) is 0 Å². The lowest BCUT2D eigenvalue weighted by atomic mass is 10.0. The van der Waals surface area contributed by atoms with E-state index in [4.69, 9.17) is 9.84 Å². The quantitative estimate of drug-likeness (QED) is 0.507. The average Bonchev–Trinajstić information content (AvgIpc) is 2.38. The van der Waals surface area contributed by atoms with Crippen molar-refractivity contribution in [3.05, 3.63) is 0 Å². The van der Waals surface area contributed by atoms with Gasteiger partial charge in [-0.15, -0.1) is 0 Å². The number of carboxylic acids is 1. The fourth-order valence-corrected chi connectivity index (χ4v) is 1.72. The van der Waals surface area contributed by atoms with Gasteiger partial charge in [0, 0.05) is 25.8 Å². The molecule has 0 aliphatic rings. The van der Waals surface area contributed by atoms with E-state index in [-0.39, 0.29) is 18.0 Å². The SMILES string of the molecule is CCOCCCNC(=O)NC(C)CCCC(C)C(=O)O. The zero-order chi connectivity index (χ0) is 15.4. The Morgan fingerprint density at radius 2 is 1.90 bits per heavy atom. The molecule has 0 fully saturated rings. The molecule has 2 amide bonds. The van der Waals surface area contributed by atoms with Gasteiger partial charge in [0.05, 0.1) is 5.92 Å². The van der Waals surface area contributed by atoms with Crippen LogP contribution in [0.2, 0.25) is 0 Å². The fraction of sp³-hybridized carbons (Fsp3) is 0.857. The van der Waals surface area contributed by atoms with Gasteiger partial charge in [-0.05, 0) is 33.1 Å². The van der Waals surface area contributed by atoms with Gasteiger partial charge < -0.3 is 20.5 Å². The predicted molar refractivity (Wildman–Crippen MR) is 77.8 cm³/mol. The first-order valence-electron chi connectivity index (χ1n) is 7.32. The minimum atomic E-state index is -0.766. The first kappa shape index (κ1) is 18.7. The van der Waals surface area contributed by atoms with E-state index in [9.17, 15) is 9.59 Å². The molecular formula is C14H28N2O4. The Kier molecular flexibility index (Phi) is 10.8. The molecule has 0 aromatic heterocycles. The summed E-state index contributed by atoms with van der Waals surface area (Å²) in [6.45, 7) is 7.50. The van der Waals surface area contributed by atoms with Gasteiger partial charge in [-0.25, -0.2) is 4.79 Å². The van der Waals surface area contributed by atoms with Crippen molar-refractivity contribution in [3.8, 4) is 0 Å². The number of aliphatic carboxylic acids is 1. The molecule has 0 aromatic carbocycles. The number of carbonyl (C=O) groups excluding carboxylic acids is 1. The third kappa shape index (κ3) is 10.6. The summed E-state index contributed by atoms with van der Waals surface area (Å²) in [6, 6.07) is -0.136. The summed E-state index contributed by atoms with van der Waals surface area (Å²) in [5.41, 5.74) is 0. The lowest BCUT2D eigenvalue weighted by Gasteiger charge is -2.15. The molecule has 0 radical (unpaired) electrons. The Morgan fingerprint density at radius 1 is 1.20 bits per heavy atom. The highest BCUT2D eigenvalue weighted by Gasteiger charge is 2.12. The first-order valence-corrected chi connectivity index (χ1v) is 7.32. The summed E-state index contributed by atoms with van der Waals surface area (Å²) >= 11 is 0. The molecule has 6 heteroatoms. The van der Waals surface area contributed by atoms with Crippen LogP contribution in [0.25, 0.3) is 0 Å². The molecule has 2 atom stereocenters. The number of rotatable bonds is 11. The molecule has 0 bridgehead atoms. The molecule has 20 heavy (non-hydrogen) atoms. The Bertz CT molecular complexity index is 284. The number of carboxylic acid groups (broad SMARTS) is 1. The monoisotopic (exact) mass is 288 g/mol. The molecule has 2 unspecified atom stereocenters. The van der Waals surface area contributed by atoms with E-state index in [1.807, 2.05) is 13.8 Å². The molecule has 6 nitrogen and oxygen atoms in total. The van der Waals surface area contributed by atoms with Crippen LogP contribution in [0.1, 0.15) is 46.5 Å². The standard InChI is InChI=1S/C14H28N2O4/c1-4-20-10-6-9-15-14(19)16-12(3)8-5-7-11(2)13(17)18/h11-12H,4-10H2,1-3H3,(H,17,18)(H2,15,16,19). The molecule has 118 valence electrons. The van der Waals surface area contributed by atoms with Crippen LogP contribution in [0.3, 0.4) is 0 Å². The highest BCUT2D eigenvalue weighted by molar-refractivity contribution is 5.74. The summed E-state index contributed by atoms with van der Waals surface area (Å²) in [6.07, 6.45) is 3.01. The van der Waals surface area contributed by atoms with Crippen molar-refractivity contribution < 1.29 is 19.4 Å². The molecule has 3 N–H and O–H groups in total. The van der Waals surface area contributed by atoms with Crippen LogP contribution in [-0.4, -0.2) is 42.9 Å². The second kappa shape index (κ2) is 11.5. The number of urea groups is 1. The molecule has 0 saturated heterocycles. The zero-order valence-corrected chi connectivity index (χ0v) is 12.8. The fourth-order valence-electron chi connectivity index (χ4n) is 1.72. The Morgan fingerprint density at radius 3 is 2.50 bits per heavy atom. The van der Waals surface area contributed by atoms with Crippen molar-refractivity contribution in [2.75, 3.05) is 19.8 Å². The largest absolute Gasteiger partial charge is 0.481 e. The molecule has 0 saturated carbocycles. The summed E-state index contributed by atoms with van der Waals surface area (Å²) in [5.74, 6) is -1.09. The van der Waals surface area contributed by atoms with Gasteiger partial charge in [-0.2, -0.15) is 0 Å². The lowest BCUT2D eigenvalue weighted by Crippen LogP contribution is -2.41. The summed E-state index contributed by atoms with van der Waals surface area (Å²) in [7, 11) is 0. The molecule has 0 aliphatic heterocycles. The maximum absolute atomic E-state index is 11.5. The predicted octanol–water partition coefficient (Wildman–Crippen LogP) is 1.99. The molecule has 0 aromatic rings. The Balaban J connectivity index is 3.57. The van der Waals surface area contributed by atoms with Gasteiger partial charge in [-0.3, -0.25) is 4.79 Å². The van der Waals surface area contributed by atoms with Crippen molar-refractivity contribution >= 4 is 12.0 Å². The zero-order valence-electron chi connectivity index (χ0n) is 12.8. The van der Waals surface area contributed by atoms with Gasteiger partial charge in [0.1, 0.15) is 0 Å². The van der Waals surface area contributed by atoms with Crippen molar-refractivity contribution in [2.24, 2.45) is 5.92 Å². The summed E-state index contributed by atoms with van der Waals surface area (Å²) in [5, 5.41) is 14.4. The highest BCUT2D eigenvalue weighted by Crippen LogP contribution is 2.09. The van der Waals surface area contributed by atoms with E-state index in [1.54, 1.807) is 6.92 Å². The Labute approximate surface area is 121 Å². The lowest BCUT2D eigenvalue weighted by molar-refractivity contribution is -0.141. The van der Waals surface area contributed by atoms with Gasteiger partial charge in [-0.1, -0.05) is 13.3 Å². The summed E-state index contributed by atoms with van der Waals surface area (Å²) < 4.78 is 5.17. The van der Waals surface area contributed by atoms with Crippen LogP contribution in [0, 0.1) is 5.92 Å². The first-order chi connectivity index (χ1) is 9.47. The molecular weight excluding hydrogens is 260 g/mol. The highest BCUT2D eigenvalue weighted by atomic mass is 16.5. The van der Waals surface area contributed by atoms with Crippen molar-refractivity contribution in [2.45, 2.75) is 52.5 Å². The Hall–Kier alpha value is -1.30. The van der Waals surface area contributed by atoms with Crippen molar-refractivity contribution in [1.29, 1.82) is 0 Å². The maximum Gasteiger partial charge on any atom is 0.314 e. The topological polar surface area (TPSA) is 87.7 Å². The number of hydrogen-bond donors (Lipinski definition) is 3. The van der Waals surface area contributed by atoms with E-state index in [2.05, 4.69) is 10.6 Å². The number of nitrogens with one attached hydrogen (secondary N) is 2. The number of ether oxygens (including phenoxy) is 1. The minimum absolute atomic E-state index is 0.0443. The smallest absolute Gasteiger partial charge is 0.314 e. The average molecular weight is 288 g/mol. The minimum Gasteiger partial charge on any atom is -0.481 e. The molecule has 0 heterocycles. The molecule has 0 rings (SSSR count). The van der Waals surface area contributed by atoms with Crippen molar-refractivity contribution in [1.82, 2.24) is 10.6 Å². The maximum atomic E-state index is 11.5. The molecule has 0 spiro atoms. The number of carbonyl (C=O) groups is 2. The van der Waals surface area contributed by atoms with Crippen LogP contribution in [0.4, 0.5) is 4.79 Å². The van der Waals surface area contributed by atoms with Gasteiger partial charge in [0.25, 0.3) is 0 Å². The molecule has 0 aliphatic carbocycles. The van der Waals surface area contributed by atoms with E-state index >= 15 is 0 Å². The van der Waals surface area contributed by atoms with E-state index in [0.717, 1.165) is 19.3 Å². The second-order valence-electron chi connectivity index (χ2n) is 5.02. The summed E-state index contributed by atoms with van der Waals surface area (Å²) in [4.78, 5) is 22.2. The number of hydrogen-bond acceptors (Lipinski definition) is 3. The number of amides is 2. The normalized spacial score (nSPS) is 13.6. The van der Waals surface area contributed by atoms with E-state index in [1.165, 1.54) is 0 Å². The van der Waals surface area contributed by atoms with Crippen LogP contribution in [0.5, 0.6) is 0 Å². The third-order valence-electron chi connectivity index (χ3n) is 3.03. The van der Waals surface area contributed by atoms with Crippen LogP contribution in [-0.2, 0) is 9.53 Å². The van der Waals surface area contributed by atoms with Crippen LogP contribution < -0.4 is 10.6 Å². The third-order valence-corrected chi connectivity index (χ3v) is 3.03. The van der Waals surface area contributed by atoms with E-state index < -0.39 is 5.97 Å². The van der Waals surface area contributed by atoms with Crippen molar-refractivity contribution in [3.63, 3.8) is 0 Å². The second-order valence-corrected chi connectivity index (χ2v) is 5.02. The van der Waals surface area contributed by atoms with E-state index in [0.29, 0.717) is 26.2 Å². The van der Waals surface area contributed by atoms with Gasteiger partial charge in [0.2, 0.25) is 0 Å². The van der Waals surface area contributed by atoms with Crippen LogP contribution in [0.15, 0.2) is 0 Å².